The number of hydrogen-bond acceptors (Lipinski definition) is 1. The van der Waals surface area contributed by atoms with Crippen molar-refractivity contribution >= 4 is 0 Å². The summed E-state index contributed by atoms with van der Waals surface area (Å²) in [5.41, 5.74) is 3.76. The molecule has 1 aromatic rings. The quantitative estimate of drug-likeness (QED) is 0.795. The number of nitrogens with two attached hydrogens (primary N) is 1. The summed E-state index contributed by atoms with van der Waals surface area (Å²) in [6.07, 6.45) is 0. The van der Waals surface area contributed by atoms with E-state index in [1.54, 1.807) is 19.1 Å². The largest absolute Gasteiger partial charge is 0.330 e. The van der Waals surface area contributed by atoms with Crippen LogP contribution in [0.1, 0.15) is 19.4 Å². The number of rotatable bonds is 3. The Labute approximate surface area is 82.9 Å². The minimum Gasteiger partial charge on any atom is -0.330 e. The van der Waals surface area contributed by atoms with E-state index >= 15 is 0 Å². The second-order valence-electron chi connectivity index (χ2n) is 3.69. The monoisotopic (exact) mass is 199 g/mol. The van der Waals surface area contributed by atoms with Crippen LogP contribution in [0.5, 0.6) is 0 Å². The molecule has 2 N–H and O–H groups in total. The molecule has 0 saturated carbocycles. The molecule has 0 aliphatic carbocycles. The zero-order valence-electron chi connectivity index (χ0n) is 8.43. The molecule has 1 nitrogen and oxygen atoms in total. The van der Waals surface area contributed by atoms with Gasteiger partial charge in [-0.25, -0.2) is 8.78 Å². The Balaban J connectivity index is 3.09. The van der Waals surface area contributed by atoms with E-state index in [1.165, 1.54) is 19.1 Å². The Morgan fingerprint density at radius 3 is 2.50 bits per heavy atom. The highest BCUT2D eigenvalue weighted by Crippen LogP contribution is 2.34. The lowest BCUT2D eigenvalue weighted by Gasteiger charge is -2.27. The van der Waals surface area contributed by atoms with E-state index < -0.39 is 17.4 Å². The average molecular weight is 199 g/mol. The average Bonchev–Trinajstić information content (AvgIpc) is 2.17. The van der Waals surface area contributed by atoms with Gasteiger partial charge in [0, 0.05) is 11.5 Å². The van der Waals surface area contributed by atoms with Gasteiger partial charge in [0.15, 0.2) is 0 Å². The maximum Gasteiger partial charge on any atom is 0.139 e. The van der Waals surface area contributed by atoms with Crippen molar-refractivity contribution in [2.75, 3.05) is 6.54 Å². The smallest absolute Gasteiger partial charge is 0.139 e. The van der Waals surface area contributed by atoms with E-state index in [0.29, 0.717) is 0 Å². The summed E-state index contributed by atoms with van der Waals surface area (Å²) < 4.78 is 27.5. The van der Waals surface area contributed by atoms with Crippen molar-refractivity contribution in [3.8, 4) is 0 Å². The first kappa shape index (κ1) is 11.1. The molecule has 0 fully saturated rings. The van der Waals surface area contributed by atoms with Crippen LogP contribution in [0, 0.1) is 11.7 Å². The fourth-order valence-corrected chi connectivity index (χ4v) is 1.34. The molecule has 1 aromatic carbocycles. The number of alkyl halides is 1. The fraction of sp³-hybridized carbons (Fsp3) is 0.455. The first-order valence-electron chi connectivity index (χ1n) is 4.64. The van der Waals surface area contributed by atoms with Crippen LogP contribution in [0.3, 0.4) is 0 Å². The van der Waals surface area contributed by atoms with Crippen molar-refractivity contribution in [1.82, 2.24) is 0 Å². The van der Waals surface area contributed by atoms with Crippen LogP contribution < -0.4 is 5.73 Å². The summed E-state index contributed by atoms with van der Waals surface area (Å²) >= 11 is 0. The van der Waals surface area contributed by atoms with Gasteiger partial charge < -0.3 is 5.73 Å². The van der Waals surface area contributed by atoms with Gasteiger partial charge in [-0.15, -0.1) is 0 Å². The molecule has 0 radical (unpaired) electrons. The molecule has 0 spiro atoms. The Hall–Kier alpha value is -0.960. The molecule has 0 bridgehead atoms. The summed E-state index contributed by atoms with van der Waals surface area (Å²) in [4.78, 5) is 0. The molecule has 0 amide bonds. The van der Waals surface area contributed by atoms with E-state index in [2.05, 4.69) is 0 Å². The molecule has 2 unspecified atom stereocenters. The van der Waals surface area contributed by atoms with Crippen LogP contribution in [-0.2, 0) is 5.67 Å². The van der Waals surface area contributed by atoms with Crippen LogP contribution >= 0.6 is 0 Å². The predicted molar refractivity (Wildman–Crippen MR) is 53.1 cm³/mol. The van der Waals surface area contributed by atoms with Gasteiger partial charge in [-0.3, -0.25) is 0 Å². The first-order valence-corrected chi connectivity index (χ1v) is 4.64. The van der Waals surface area contributed by atoms with E-state index in [9.17, 15) is 8.78 Å². The van der Waals surface area contributed by atoms with E-state index in [4.69, 9.17) is 5.73 Å². The van der Waals surface area contributed by atoms with Crippen LogP contribution in [0.25, 0.3) is 0 Å². The molecule has 1 rings (SSSR count). The predicted octanol–water partition coefficient (Wildman–Crippen LogP) is 2.61. The zero-order chi connectivity index (χ0) is 10.8. The van der Waals surface area contributed by atoms with Gasteiger partial charge >= 0.3 is 0 Å². The highest BCUT2D eigenvalue weighted by atomic mass is 19.1. The van der Waals surface area contributed by atoms with Gasteiger partial charge in [0.25, 0.3) is 0 Å². The summed E-state index contributed by atoms with van der Waals surface area (Å²) in [5, 5.41) is 0. The van der Waals surface area contributed by atoms with Crippen molar-refractivity contribution < 1.29 is 8.78 Å². The summed E-state index contributed by atoms with van der Waals surface area (Å²) in [6.45, 7) is 3.23. The minimum atomic E-state index is -1.71. The Kier molecular flexibility index (Phi) is 3.21. The zero-order valence-corrected chi connectivity index (χ0v) is 8.43. The first-order chi connectivity index (χ1) is 6.50. The molecular weight excluding hydrogens is 184 g/mol. The topological polar surface area (TPSA) is 26.0 Å². The third kappa shape index (κ3) is 1.93. The molecule has 0 aliphatic heterocycles. The summed E-state index contributed by atoms with van der Waals surface area (Å²) in [7, 11) is 0. The molecule has 2 atom stereocenters. The van der Waals surface area contributed by atoms with Crippen LogP contribution in [0.4, 0.5) is 8.78 Å². The normalized spacial score (nSPS) is 17.5. The lowest BCUT2D eigenvalue weighted by Crippen LogP contribution is -2.31. The minimum absolute atomic E-state index is 0.0814. The van der Waals surface area contributed by atoms with Crippen molar-refractivity contribution in [1.29, 1.82) is 0 Å². The molecular formula is C11H15F2N. The third-order valence-electron chi connectivity index (χ3n) is 2.68. The molecule has 0 aliphatic rings. The Morgan fingerprint density at radius 1 is 1.43 bits per heavy atom. The van der Waals surface area contributed by atoms with Gasteiger partial charge in [0.05, 0.1) is 0 Å². The molecule has 3 heteroatoms. The Bertz CT molecular complexity index is 310. The van der Waals surface area contributed by atoms with Crippen molar-refractivity contribution in [2.45, 2.75) is 19.5 Å². The maximum atomic E-state index is 14.2. The summed E-state index contributed by atoms with van der Waals surface area (Å²) in [5.74, 6) is -0.919. The lowest BCUT2D eigenvalue weighted by molar-refractivity contribution is 0.112. The number of hydrogen-bond donors (Lipinski definition) is 1. The maximum absolute atomic E-state index is 14.2. The van der Waals surface area contributed by atoms with Crippen LogP contribution in [0.15, 0.2) is 24.3 Å². The van der Waals surface area contributed by atoms with Gasteiger partial charge in [-0.05, 0) is 19.5 Å². The Morgan fingerprint density at radius 2 is 2.00 bits per heavy atom. The molecule has 14 heavy (non-hydrogen) atoms. The van der Waals surface area contributed by atoms with E-state index in [1.807, 2.05) is 0 Å². The van der Waals surface area contributed by atoms with Crippen LogP contribution in [-0.4, -0.2) is 6.54 Å². The van der Waals surface area contributed by atoms with Crippen LogP contribution in [0.2, 0.25) is 0 Å². The van der Waals surface area contributed by atoms with Crippen molar-refractivity contribution in [2.24, 2.45) is 11.7 Å². The lowest BCUT2D eigenvalue weighted by atomic mass is 9.85. The van der Waals surface area contributed by atoms with Crippen molar-refractivity contribution in [3.05, 3.63) is 35.6 Å². The van der Waals surface area contributed by atoms with Gasteiger partial charge in [-0.1, -0.05) is 25.1 Å². The third-order valence-corrected chi connectivity index (χ3v) is 2.68. The number of halogens is 2. The second-order valence-corrected chi connectivity index (χ2v) is 3.69. The van der Waals surface area contributed by atoms with E-state index in [0.717, 1.165) is 0 Å². The number of benzene rings is 1. The standard InChI is InChI=1S/C11H15F2N/c1-8(7-14)11(2,13)9-5-3-4-6-10(9)12/h3-6,8H,7,14H2,1-2H3. The molecule has 0 saturated heterocycles. The van der Waals surface area contributed by atoms with Gasteiger partial charge in [0.1, 0.15) is 11.5 Å². The summed E-state index contributed by atoms with van der Waals surface area (Å²) in [6, 6.07) is 5.89. The highest BCUT2D eigenvalue weighted by molar-refractivity contribution is 5.24. The van der Waals surface area contributed by atoms with Crippen molar-refractivity contribution in [3.63, 3.8) is 0 Å². The molecule has 78 valence electrons. The fourth-order valence-electron chi connectivity index (χ4n) is 1.34. The van der Waals surface area contributed by atoms with E-state index in [-0.39, 0.29) is 12.1 Å². The highest BCUT2D eigenvalue weighted by Gasteiger charge is 2.34. The second kappa shape index (κ2) is 4.05. The molecule has 0 aromatic heterocycles. The van der Waals surface area contributed by atoms with Gasteiger partial charge in [-0.2, -0.15) is 0 Å². The SMILES string of the molecule is CC(CN)C(C)(F)c1ccccc1F. The van der Waals surface area contributed by atoms with Gasteiger partial charge in [0.2, 0.25) is 0 Å². The molecule has 0 heterocycles.